The summed E-state index contributed by atoms with van der Waals surface area (Å²) in [7, 11) is 0. The lowest BCUT2D eigenvalue weighted by Gasteiger charge is -2.33. The van der Waals surface area contributed by atoms with Gasteiger partial charge < -0.3 is 14.6 Å². The number of ether oxygens (including phenoxy) is 1. The summed E-state index contributed by atoms with van der Waals surface area (Å²) in [6.07, 6.45) is -5.35. The quantitative estimate of drug-likeness (QED) is 0.265. The molecular weight excluding hydrogens is 590 g/mol. The highest BCUT2D eigenvalue weighted by molar-refractivity contribution is 5.73. The largest absolute Gasteiger partial charge is 0.439 e. The van der Waals surface area contributed by atoms with Crippen molar-refractivity contribution in [3.05, 3.63) is 64.2 Å². The van der Waals surface area contributed by atoms with E-state index in [2.05, 4.69) is 17.4 Å². The molecule has 3 aromatic rings. The number of cyclic esters (lactones) is 1. The molecule has 4 atom stereocenters. The Labute approximate surface area is 251 Å². The Balaban J connectivity index is 1.50. The third kappa shape index (κ3) is 6.37. The standard InChI is InChI=1S/C31H34F6N4O3/c1-5-19-8-6-7-9-25(19)39-28-22(10-21(14-38-28)26-16(2)40-44-18(26)4)15-41-17(3)27(43-29(41)42)20-11-23(30(32,33)34)13-24(12-20)31(35,36)37/h10-14,17,19,25,27H,5-9,15H2,1-4H3,(H,38,39)/t17-,19?,25?,27-/m0/s1. The fourth-order valence-electron chi connectivity index (χ4n) is 6.34. The Bertz CT molecular complexity index is 1470. The highest BCUT2D eigenvalue weighted by Gasteiger charge is 2.43. The normalized spacial score (nSPS) is 22.8. The Hall–Kier alpha value is -3.77. The molecule has 3 heterocycles. The van der Waals surface area contributed by atoms with Crippen LogP contribution >= 0.6 is 0 Å². The molecule has 2 aromatic heterocycles. The van der Waals surface area contributed by atoms with Crippen molar-refractivity contribution >= 4 is 11.9 Å². The molecule has 5 rings (SSSR count). The van der Waals surface area contributed by atoms with E-state index >= 15 is 0 Å². The summed E-state index contributed by atoms with van der Waals surface area (Å²) in [5.41, 5.74) is -0.616. The van der Waals surface area contributed by atoms with Crippen molar-refractivity contribution in [3.63, 3.8) is 0 Å². The van der Waals surface area contributed by atoms with Crippen molar-refractivity contribution in [1.29, 1.82) is 0 Å². The second kappa shape index (κ2) is 12.0. The van der Waals surface area contributed by atoms with Crippen molar-refractivity contribution in [2.24, 2.45) is 5.92 Å². The molecule has 1 amide bonds. The monoisotopic (exact) mass is 624 g/mol. The van der Waals surface area contributed by atoms with Crippen molar-refractivity contribution in [2.45, 2.75) is 96.9 Å². The average Bonchev–Trinajstić information content (AvgIpc) is 3.45. The minimum Gasteiger partial charge on any atom is -0.439 e. The number of anilines is 1. The topological polar surface area (TPSA) is 80.5 Å². The predicted octanol–water partition coefficient (Wildman–Crippen LogP) is 8.85. The molecule has 13 heteroatoms. The highest BCUT2D eigenvalue weighted by atomic mass is 19.4. The van der Waals surface area contributed by atoms with Gasteiger partial charge in [0.05, 0.1) is 29.4 Å². The van der Waals surface area contributed by atoms with Gasteiger partial charge in [-0.3, -0.25) is 4.90 Å². The minimum absolute atomic E-state index is 0.0440. The lowest BCUT2D eigenvalue weighted by Crippen LogP contribution is -2.34. The maximum atomic E-state index is 13.6. The van der Waals surface area contributed by atoms with E-state index < -0.39 is 41.7 Å². The molecule has 7 nitrogen and oxygen atoms in total. The van der Waals surface area contributed by atoms with E-state index in [9.17, 15) is 31.1 Å². The number of carbonyl (C=O) groups is 1. The Morgan fingerprint density at radius 3 is 2.25 bits per heavy atom. The number of aryl methyl sites for hydroxylation is 2. The van der Waals surface area contributed by atoms with E-state index in [-0.39, 0.29) is 24.2 Å². The fraction of sp³-hybridized carbons (Fsp3) is 0.516. The number of benzene rings is 1. The molecule has 2 aliphatic rings. The van der Waals surface area contributed by atoms with Gasteiger partial charge in [0.25, 0.3) is 0 Å². The predicted molar refractivity (Wildman–Crippen MR) is 150 cm³/mol. The molecule has 44 heavy (non-hydrogen) atoms. The number of hydrogen-bond acceptors (Lipinski definition) is 6. The minimum atomic E-state index is -5.03. The van der Waals surface area contributed by atoms with Crippen LogP contribution in [0.2, 0.25) is 0 Å². The molecule has 0 spiro atoms. The summed E-state index contributed by atoms with van der Waals surface area (Å²) < 4.78 is 92.1. The number of carbonyl (C=O) groups excluding carboxylic acids is 1. The lowest BCUT2D eigenvalue weighted by molar-refractivity contribution is -0.143. The van der Waals surface area contributed by atoms with Crippen LogP contribution in [0.5, 0.6) is 0 Å². The van der Waals surface area contributed by atoms with E-state index in [1.807, 2.05) is 6.07 Å². The molecule has 1 N–H and O–H groups in total. The molecule has 1 saturated heterocycles. The maximum Gasteiger partial charge on any atom is 0.416 e. The van der Waals surface area contributed by atoms with Gasteiger partial charge in [0.15, 0.2) is 0 Å². The van der Waals surface area contributed by atoms with Crippen LogP contribution in [0.25, 0.3) is 11.1 Å². The number of alkyl halides is 6. The van der Waals surface area contributed by atoms with Gasteiger partial charge in [-0.2, -0.15) is 26.3 Å². The van der Waals surface area contributed by atoms with Crippen LogP contribution in [-0.2, 0) is 23.6 Å². The Morgan fingerprint density at radius 2 is 1.66 bits per heavy atom. The van der Waals surface area contributed by atoms with Crippen LogP contribution in [0.1, 0.15) is 85.8 Å². The van der Waals surface area contributed by atoms with Gasteiger partial charge >= 0.3 is 18.4 Å². The van der Waals surface area contributed by atoms with Crippen LogP contribution in [0.15, 0.2) is 35.0 Å². The zero-order chi connectivity index (χ0) is 32.0. The third-order valence-corrected chi connectivity index (χ3v) is 8.72. The molecule has 0 bridgehead atoms. The smallest absolute Gasteiger partial charge is 0.416 e. The highest BCUT2D eigenvalue weighted by Crippen LogP contribution is 2.42. The lowest BCUT2D eigenvalue weighted by atomic mass is 9.83. The summed E-state index contributed by atoms with van der Waals surface area (Å²) in [4.78, 5) is 19.2. The van der Waals surface area contributed by atoms with Crippen molar-refractivity contribution < 1.29 is 40.4 Å². The molecular formula is C31H34F6N4O3. The van der Waals surface area contributed by atoms with Gasteiger partial charge in [-0.1, -0.05) is 31.3 Å². The van der Waals surface area contributed by atoms with Crippen LogP contribution in [0.3, 0.4) is 0 Å². The summed E-state index contributed by atoms with van der Waals surface area (Å²) in [5, 5.41) is 7.58. The zero-order valence-electron chi connectivity index (χ0n) is 24.8. The summed E-state index contributed by atoms with van der Waals surface area (Å²) in [6, 6.07) is 2.39. The number of pyridine rings is 1. The third-order valence-electron chi connectivity index (χ3n) is 8.72. The van der Waals surface area contributed by atoms with Gasteiger partial charge in [-0.05, 0) is 69.4 Å². The molecule has 2 unspecified atom stereocenters. The average molecular weight is 625 g/mol. The van der Waals surface area contributed by atoms with Crippen molar-refractivity contribution in [1.82, 2.24) is 15.0 Å². The molecule has 1 aliphatic carbocycles. The summed E-state index contributed by atoms with van der Waals surface area (Å²) >= 11 is 0. The number of halogens is 6. The summed E-state index contributed by atoms with van der Waals surface area (Å²) in [5.74, 6) is 1.56. The van der Waals surface area contributed by atoms with Crippen LogP contribution in [0, 0.1) is 19.8 Å². The SMILES string of the molecule is CCC1CCCCC1Nc1ncc(-c2c(C)noc2C)cc1CN1C(=O)O[C@H](c2cc(C(F)(F)F)cc(C(F)(F)F)c2)[C@@H]1C. The van der Waals surface area contributed by atoms with E-state index in [1.54, 1.807) is 20.0 Å². The van der Waals surface area contributed by atoms with E-state index in [0.29, 0.717) is 46.4 Å². The van der Waals surface area contributed by atoms with E-state index in [1.165, 1.54) is 11.8 Å². The van der Waals surface area contributed by atoms with Gasteiger partial charge in [-0.25, -0.2) is 9.78 Å². The molecule has 0 radical (unpaired) electrons. The number of nitrogens with one attached hydrogen (secondary N) is 1. The summed E-state index contributed by atoms with van der Waals surface area (Å²) in [6.45, 7) is 7.19. The Kier molecular flexibility index (Phi) is 8.60. The number of amides is 1. The van der Waals surface area contributed by atoms with Gasteiger partial charge in [0.2, 0.25) is 0 Å². The number of rotatable bonds is 7. The van der Waals surface area contributed by atoms with Gasteiger partial charge in [-0.15, -0.1) is 0 Å². The number of hydrogen-bond donors (Lipinski definition) is 1. The van der Waals surface area contributed by atoms with Crippen LogP contribution < -0.4 is 5.32 Å². The first-order valence-electron chi connectivity index (χ1n) is 14.6. The first-order valence-corrected chi connectivity index (χ1v) is 14.6. The van der Waals surface area contributed by atoms with Crippen molar-refractivity contribution in [3.8, 4) is 11.1 Å². The first kappa shape index (κ1) is 31.6. The van der Waals surface area contributed by atoms with E-state index in [4.69, 9.17) is 14.2 Å². The second-order valence-corrected chi connectivity index (χ2v) is 11.6. The Morgan fingerprint density at radius 1 is 1.00 bits per heavy atom. The molecule has 238 valence electrons. The second-order valence-electron chi connectivity index (χ2n) is 11.6. The van der Waals surface area contributed by atoms with Crippen LogP contribution in [-0.4, -0.2) is 33.2 Å². The zero-order valence-corrected chi connectivity index (χ0v) is 24.8. The maximum absolute atomic E-state index is 13.6. The number of aromatic nitrogens is 2. The molecule has 1 aliphatic heterocycles. The van der Waals surface area contributed by atoms with Crippen LogP contribution in [0.4, 0.5) is 37.0 Å². The van der Waals surface area contributed by atoms with Crippen molar-refractivity contribution in [2.75, 3.05) is 5.32 Å². The molecule has 1 aromatic carbocycles. The first-order chi connectivity index (χ1) is 20.7. The van der Waals surface area contributed by atoms with E-state index in [0.717, 1.165) is 37.7 Å². The molecule has 1 saturated carbocycles. The fourth-order valence-corrected chi connectivity index (χ4v) is 6.34. The van der Waals surface area contributed by atoms with Gasteiger partial charge in [0.1, 0.15) is 17.7 Å². The number of nitrogens with zero attached hydrogens (tertiary/aromatic N) is 3. The molecule has 2 fully saturated rings. The van der Waals surface area contributed by atoms with Gasteiger partial charge in [0, 0.05) is 28.9 Å².